The number of rotatable bonds is 4. The minimum Gasteiger partial charge on any atom is -0.331 e. The van der Waals surface area contributed by atoms with E-state index < -0.39 is 0 Å². The van der Waals surface area contributed by atoms with Crippen LogP contribution in [0.1, 0.15) is 28.1 Å². The summed E-state index contributed by atoms with van der Waals surface area (Å²) in [4.78, 5) is 15.4. The van der Waals surface area contributed by atoms with Crippen LogP contribution in [0.25, 0.3) is 0 Å². The summed E-state index contributed by atoms with van der Waals surface area (Å²) in [5.41, 5.74) is 1.17. The fourth-order valence-electron chi connectivity index (χ4n) is 2.11. The molecule has 1 amide bonds. The Kier molecular flexibility index (Phi) is 4.29. The standard InChI is InChI=1S/C15H13Br2NOS/c16-11-3-1-10(2-4-11)9-18(12-5-6-12)15(19)13-7-8-14(17)20-13/h1-4,7-8,12H,5-6,9H2. The van der Waals surface area contributed by atoms with Gasteiger partial charge >= 0.3 is 0 Å². The summed E-state index contributed by atoms with van der Waals surface area (Å²) < 4.78 is 2.06. The molecule has 1 heterocycles. The molecule has 104 valence electrons. The first-order valence-corrected chi connectivity index (χ1v) is 8.84. The average Bonchev–Trinajstić information content (AvgIpc) is 3.19. The van der Waals surface area contributed by atoms with Crippen LogP contribution in [0, 0.1) is 0 Å². The van der Waals surface area contributed by atoms with Gasteiger partial charge in [-0.15, -0.1) is 11.3 Å². The van der Waals surface area contributed by atoms with Gasteiger partial charge in [-0.2, -0.15) is 0 Å². The number of carbonyl (C=O) groups excluding carboxylic acids is 1. The molecule has 1 aromatic heterocycles. The number of hydrogen-bond donors (Lipinski definition) is 0. The SMILES string of the molecule is O=C(c1ccc(Br)s1)N(Cc1ccc(Br)cc1)C1CC1. The van der Waals surface area contributed by atoms with Crippen molar-refractivity contribution in [1.82, 2.24) is 4.90 Å². The van der Waals surface area contributed by atoms with Gasteiger partial charge < -0.3 is 4.90 Å². The third-order valence-corrected chi connectivity index (χ3v) is 5.44. The molecule has 0 radical (unpaired) electrons. The van der Waals surface area contributed by atoms with Crippen LogP contribution >= 0.6 is 43.2 Å². The van der Waals surface area contributed by atoms with E-state index in [9.17, 15) is 4.79 Å². The van der Waals surface area contributed by atoms with Gasteiger partial charge in [-0.05, 0) is 58.6 Å². The fourth-order valence-corrected chi connectivity index (χ4v) is 3.72. The number of nitrogens with zero attached hydrogens (tertiary/aromatic N) is 1. The van der Waals surface area contributed by atoms with Gasteiger partial charge in [-0.3, -0.25) is 4.79 Å². The first-order chi connectivity index (χ1) is 9.63. The molecule has 1 aliphatic carbocycles. The van der Waals surface area contributed by atoms with Crippen molar-refractivity contribution in [3.05, 3.63) is 55.1 Å². The highest BCUT2D eigenvalue weighted by atomic mass is 79.9. The van der Waals surface area contributed by atoms with Gasteiger partial charge in [0.25, 0.3) is 5.91 Å². The van der Waals surface area contributed by atoms with Crippen LogP contribution in [0.5, 0.6) is 0 Å². The maximum absolute atomic E-state index is 12.6. The summed E-state index contributed by atoms with van der Waals surface area (Å²) in [7, 11) is 0. The highest BCUT2D eigenvalue weighted by Gasteiger charge is 2.33. The lowest BCUT2D eigenvalue weighted by Crippen LogP contribution is -2.32. The molecule has 1 aromatic carbocycles. The van der Waals surface area contributed by atoms with Crippen LogP contribution in [0.15, 0.2) is 44.7 Å². The molecule has 5 heteroatoms. The Labute approximate surface area is 139 Å². The molecular formula is C15H13Br2NOS. The van der Waals surface area contributed by atoms with Gasteiger partial charge in [0.1, 0.15) is 0 Å². The molecule has 0 spiro atoms. The van der Waals surface area contributed by atoms with Gasteiger partial charge in [-0.25, -0.2) is 0 Å². The second-order valence-corrected chi connectivity index (χ2v) is 8.27. The number of thiophene rings is 1. The fraction of sp³-hybridized carbons (Fsp3) is 0.267. The largest absolute Gasteiger partial charge is 0.331 e. The molecule has 1 fully saturated rings. The van der Waals surface area contributed by atoms with Crippen molar-refractivity contribution in [1.29, 1.82) is 0 Å². The van der Waals surface area contributed by atoms with Crippen LogP contribution < -0.4 is 0 Å². The van der Waals surface area contributed by atoms with Crippen LogP contribution in [-0.2, 0) is 6.54 Å². The second kappa shape index (κ2) is 6.00. The highest BCUT2D eigenvalue weighted by molar-refractivity contribution is 9.11. The third kappa shape index (κ3) is 3.32. The zero-order valence-corrected chi connectivity index (χ0v) is 14.7. The maximum Gasteiger partial charge on any atom is 0.264 e. The summed E-state index contributed by atoms with van der Waals surface area (Å²) in [6, 6.07) is 12.4. The van der Waals surface area contributed by atoms with Crippen molar-refractivity contribution in [2.24, 2.45) is 0 Å². The minimum absolute atomic E-state index is 0.145. The molecule has 0 N–H and O–H groups in total. The van der Waals surface area contributed by atoms with Crippen LogP contribution in [-0.4, -0.2) is 16.8 Å². The van der Waals surface area contributed by atoms with Crippen molar-refractivity contribution in [3.8, 4) is 0 Å². The molecule has 0 saturated heterocycles. The summed E-state index contributed by atoms with van der Waals surface area (Å²) >= 11 is 8.36. The number of carbonyl (C=O) groups is 1. The summed E-state index contributed by atoms with van der Waals surface area (Å²) in [6.45, 7) is 0.687. The third-order valence-electron chi connectivity index (χ3n) is 3.30. The van der Waals surface area contributed by atoms with Crippen LogP contribution in [0.3, 0.4) is 0 Å². The van der Waals surface area contributed by atoms with Gasteiger partial charge in [0.2, 0.25) is 0 Å². The Morgan fingerprint density at radius 3 is 2.40 bits per heavy atom. The highest BCUT2D eigenvalue weighted by Crippen LogP contribution is 2.32. The maximum atomic E-state index is 12.6. The van der Waals surface area contributed by atoms with E-state index in [0.717, 1.165) is 26.0 Å². The zero-order valence-electron chi connectivity index (χ0n) is 10.7. The van der Waals surface area contributed by atoms with Gasteiger partial charge in [-0.1, -0.05) is 28.1 Å². The van der Waals surface area contributed by atoms with E-state index in [1.54, 1.807) is 0 Å². The van der Waals surface area contributed by atoms with E-state index in [2.05, 4.69) is 44.0 Å². The average molecular weight is 415 g/mol. The van der Waals surface area contributed by atoms with Gasteiger partial charge in [0, 0.05) is 17.1 Å². The van der Waals surface area contributed by atoms with Crippen molar-refractivity contribution >= 4 is 49.1 Å². The smallest absolute Gasteiger partial charge is 0.264 e. The molecule has 2 aromatic rings. The molecule has 0 aliphatic heterocycles. The molecule has 3 rings (SSSR count). The molecule has 1 saturated carbocycles. The zero-order chi connectivity index (χ0) is 14.1. The number of hydrogen-bond acceptors (Lipinski definition) is 2. The normalized spacial score (nSPS) is 14.3. The van der Waals surface area contributed by atoms with Crippen molar-refractivity contribution in [2.45, 2.75) is 25.4 Å². The first kappa shape index (κ1) is 14.3. The van der Waals surface area contributed by atoms with E-state index in [4.69, 9.17) is 0 Å². The Balaban J connectivity index is 1.79. The summed E-state index contributed by atoms with van der Waals surface area (Å²) in [6.07, 6.45) is 2.24. The van der Waals surface area contributed by atoms with Crippen LogP contribution in [0.4, 0.5) is 0 Å². The Morgan fingerprint density at radius 2 is 1.85 bits per heavy atom. The van der Waals surface area contributed by atoms with E-state index in [1.807, 2.05) is 29.2 Å². The molecule has 0 bridgehead atoms. The first-order valence-electron chi connectivity index (χ1n) is 6.44. The molecule has 0 atom stereocenters. The predicted octanol–water partition coefficient (Wildman–Crippen LogP) is 5.08. The quantitative estimate of drug-likeness (QED) is 0.683. The Bertz CT molecular complexity index is 619. The topological polar surface area (TPSA) is 20.3 Å². The summed E-state index contributed by atoms with van der Waals surface area (Å²) in [5, 5.41) is 0. The summed E-state index contributed by atoms with van der Waals surface area (Å²) in [5.74, 6) is 0.145. The lowest BCUT2D eigenvalue weighted by molar-refractivity contribution is 0.0735. The van der Waals surface area contributed by atoms with E-state index in [0.29, 0.717) is 12.6 Å². The lowest BCUT2D eigenvalue weighted by Gasteiger charge is -2.22. The number of amides is 1. The van der Waals surface area contributed by atoms with Crippen molar-refractivity contribution in [3.63, 3.8) is 0 Å². The lowest BCUT2D eigenvalue weighted by atomic mass is 10.2. The monoisotopic (exact) mass is 413 g/mol. The van der Waals surface area contributed by atoms with E-state index >= 15 is 0 Å². The molecular weight excluding hydrogens is 402 g/mol. The van der Waals surface area contributed by atoms with Gasteiger partial charge in [0.15, 0.2) is 0 Å². The number of benzene rings is 1. The van der Waals surface area contributed by atoms with Crippen molar-refractivity contribution < 1.29 is 4.79 Å². The second-order valence-electron chi connectivity index (χ2n) is 4.89. The molecule has 20 heavy (non-hydrogen) atoms. The predicted molar refractivity (Wildman–Crippen MR) is 89.1 cm³/mol. The molecule has 0 unspecified atom stereocenters. The van der Waals surface area contributed by atoms with Gasteiger partial charge in [0.05, 0.1) is 8.66 Å². The Hall–Kier alpha value is -0.650. The van der Waals surface area contributed by atoms with E-state index in [-0.39, 0.29) is 5.91 Å². The minimum atomic E-state index is 0.145. The van der Waals surface area contributed by atoms with Crippen molar-refractivity contribution in [2.75, 3.05) is 0 Å². The molecule has 2 nitrogen and oxygen atoms in total. The Morgan fingerprint density at radius 1 is 1.15 bits per heavy atom. The number of halogens is 2. The van der Waals surface area contributed by atoms with E-state index in [1.165, 1.54) is 16.9 Å². The molecule has 1 aliphatic rings. The van der Waals surface area contributed by atoms with Crippen LogP contribution in [0.2, 0.25) is 0 Å².